The summed E-state index contributed by atoms with van der Waals surface area (Å²) in [7, 11) is -4.84. The lowest BCUT2D eigenvalue weighted by atomic mass is 10.0. The highest BCUT2D eigenvalue weighted by Crippen LogP contribution is 2.39. The molecule has 5 N–H and O–H groups in total. The number of nitrogens with zero attached hydrogens (tertiary/aromatic N) is 1. The van der Waals surface area contributed by atoms with Crippen LogP contribution in [-0.4, -0.2) is 54.5 Å². The Balaban J connectivity index is 2.39. The Kier molecular flexibility index (Phi) is 4.61. The van der Waals surface area contributed by atoms with E-state index >= 15 is 0 Å². The first kappa shape index (κ1) is 17.6. The van der Waals surface area contributed by atoms with Crippen molar-refractivity contribution in [1.82, 2.24) is 9.55 Å². The smallest absolute Gasteiger partial charge is 0.387 e. The summed E-state index contributed by atoms with van der Waals surface area (Å²) in [6.45, 7) is -0.788. The summed E-state index contributed by atoms with van der Waals surface area (Å²) in [6, 6.07) is 0.947. The number of aliphatic hydroxyl groups is 2. The van der Waals surface area contributed by atoms with E-state index in [-0.39, 0.29) is 0 Å². The summed E-state index contributed by atoms with van der Waals surface area (Å²) in [6.07, 6.45) is 1.33. The van der Waals surface area contributed by atoms with Crippen molar-refractivity contribution in [2.45, 2.75) is 24.0 Å². The van der Waals surface area contributed by atoms with Gasteiger partial charge in [-0.15, -0.1) is 6.42 Å². The van der Waals surface area contributed by atoms with Gasteiger partial charge in [0.2, 0.25) is 5.72 Å². The van der Waals surface area contributed by atoms with Crippen molar-refractivity contribution >= 4 is 7.82 Å². The van der Waals surface area contributed by atoms with Crippen molar-refractivity contribution in [3.8, 4) is 12.3 Å². The van der Waals surface area contributed by atoms with E-state index in [1.54, 1.807) is 0 Å². The summed E-state index contributed by atoms with van der Waals surface area (Å²) < 4.78 is 20.9. The van der Waals surface area contributed by atoms with Gasteiger partial charge in [0.1, 0.15) is 18.3 Å². The summed E-state index contributed by atoms with van der Waals surface area (Å²) in [4.78, 5) is 42.2. The van der Waals surface area contributed by atoms with Gasteiger partial charge in [-0.05, 0) is 5.92 Å². The maximum Gasteiger partial charge on any atom is 0.469 e. The molecule has 0 radical (unpaired) electrons. The largest absolute Gasteiger partial charge is 0.469 e. The van der Waals surface area contributed by atoms with E-state index < -0.39 is 49.7 Å². The van der Waals surface area contributed by atoms with E-state index in [0.717, 1.165) is 12.3 Å². The molecule has 1 aromatic rings. The quantitative estimate of drug-likeness (QED) is 0.282. The third-order valence-corrected chi connectivity index (χ3v) is 3.72. The molecule has 11 nitrogen and oxygen atoms in total. The molecule has 0 bridgehead atoms. The second-order valence-electron chi connectivity index (χ2n) is 4.70. The normalized spacial score (nSPS) is 31.0. The van der Waals surface area contributed by atoms with Crippen LogP contribution in [0.3, 0.4) is 0 Å². The second-order valence-corrected chi connectivity index (χ2v) is 5.94. The molecule has 1 fully saturated rings. The monoisotopic (exact) mass is 348 g/mol. The van der Waals surface area contributed by atoms with Crippen LogP contribution in [0, 0.1) is 12.3 Å². The molecule has 1 aliphatic heterocycles. The lowest BCUT2D eigenvalue weighted by Crippen LogP contribution is -2.50. The molecule has 1 aliphatic rings. The number of ether oxygens (including phenoxy) is 1. The zero-order valence-electron chi connectivity index (χ0n) is 11.4. The van der Waals surface area contributed by atoms with Gasteiger partial charge in [-0.1, -0.05) is 0 Å². The molecule has 126 valence electrons. The number of nitrogens with one attached hydrogen (secondary N) is 1. The second kappa shape index (κ2) is 6.03. The van der Waals surface area contributed by atoms with Gasteiger partial charge in [0.15, 0.2) is 0 Å². The summed E-state index contributed by atoms with van der Waals surface area (Å²) >= 11 is 0. The van der Waals surface area contributed by atoms with E-state index in [1.807, 2.05) is 10.9 Å². The zero-order chi connectivity index (χ0) is 17.4. The van der Waals surface area contributed by atoms with Crippen LogP contribution in [0.5, 0.6) is 0 Å². The van der Waals surface area contributed by atoms with Crippen LogP contribution < -0.4 is 11.2 Å². The average molecular weight is 348 g/mol. The fourth-order valence-electron chi connectivity index (χ4n) is 2.18. The summed E-state index contributed by atoms with van der Waals surface area (Å²) in [5.74, 6) is 2.02. The number of rotatable bonds is 4. The standard InChI is InChI=1S/C11H13N2O9P/c1-2-11(13-4-3-7(14)12-10(13)17)9(16)8(15)6(22-11)5-21-23(18,19)20/h1,3-4,6,8-9,15-16H,5H2,(H,12,14,17)(H2,18,19,20)/t6-,8-,9-,11-/m1/s1. The summed E-state index contributed by atoms with van der Waals surface area (Å²) in [5.41, 5.74) is -3.89. The molecule has 12 heteroatoms. The Morgan fingerprint density at radius 3 is 2.65 bits per heavy atom. The Morgan fingerprint density at radius 2 is 2.13 bits per heavy atom. The number of H-pyrrole nitrogens is 1. The van der Waals surface area contributed by atoms with Crippen LogP contribution in [-0.2, 0) is 19.6 Å². The zero-order valence-corrected chi connectivity index (χ0v) is 12.3. The third kappa shape index (κ3) is 3.29. The SMILES string of the molecule is C#C[C@@]1(n2ccc(=O)[nH]c2=O)O[C@H](COP(=O)(O)O)[C@@H](O)[C@H]1O. The molecule has 23 heavy (non-hydrogen) atoms. The molecule has 2 heterocycles. The third-order valence-electron chi connectivity index (χ3n) is 3.23. The molecule has 1 aromatic heterocycles. The van der Waals surface area contributed by atoms with E-state index in [0.29, 0.717) is 4.57 Å². The van der Waals surface area contributed by atoms with Gasteiger partial charge in [-0.3, -0.25) is 18.9 Å². The molecule has 2 rings (SSSR count). The van der Waals surface area contributed by atoms with Crippen molar-refractivity contribution < 1.29 is 33.8 Å². The molecule has 4 atom stereocenters. The van der Waals surface area contributed by atoms with Gasteiger partial charge >= 0.3 is 13.5 Å². The minimum absolute atomic E-state index is 0.680. The van der Waals surface area contributed by atoms with Gasteiger partial charge in [0.25, 0.3) is 5.56 Å². The maximum absolute atomic E-state index is 11.9. The van der Waals surface area contributed by atoms with Gasteiger partial charge in [-0.2, -0.15) is 0 Å². The molecule has 0 spiro atoms. The molecule has 0 unspecified atom stereocenters. The topological polar surface area (TPSA) is 171 Å². The number of phosphoric acid groups is 1. The van der Waals surface area contributed by atoms with Crippen molar-refractivity contribution in [2.75, 3.05) is 6.61 Å². The lowest BCUT2D eigenvalue weighted by Gasteiger charge is -2.28. The number of aliphatic hydroxyl groups excluding tert-OH is 2. The molecule has 1 saturated heterocycles. The molecule has 0 aliphatic carbocycles. The lowest BCUT2D eigenvalue weighted by molar-refractivity contribution is -0.107. The Labute approximate surface area is 128 Å². The minimum Gasteiger partial charge on any atom is -0.387 e. The van der Waals surface area contributed by atoms with Crippen molar-refractivity contribution in [2.24, 2.45) is 0 Å². The molecular formula is C11H13N2O9P. The number of aromatic amines is 1. The first-order valence-electron chi connectivity index (χ1n) is 6.15. The highest BCUT2D eigenvalue weighted by atomic mass is 31.2. The number of terminal acetylenes is 1. The average Bonchev–Trinajstić information content (AvgIpc) is 2.70. The van der Waals surface area contributed by atoms with Crippen LogP contribution in [0.4, 0.5) is 0 Å². The van der Waals surface area contributed by atoms with E-state index in [9.17, 15) is 24.4 Å². The maximum atomic E-state index is 11.9. The first-order valence-corrected chi connectivity index (χ1v) is 7.68. The Bertz CT molecular complexity index is 790. The molecular weight excluding hydrogens is 335 g/mol. The predicted octanol–water partition coefficient (Wildman–Crippen LogP) is -2.95. The van der Waals surface area contributed by atoms with Crippen LogP contribution in [0.15, 0.2) is 21.9 Å². The Hall–Kier alpha value is -1.77. The van der Waals surface area contributed by atoms with Crippen molar-refractivity contribution in [1.29, 1.82) is 0 Å². The van der Waals surface area contributed by atoms with Crippen molar-refractivity contribution in [3.63, 3.8) is 0 Å². The van der Waals surface area contributed by atoms with E-state index in [4.69, 9.17) is 20.9 Å². The molecule has 0 aromatic carbocycles. The molecule has 0 amide bonds. The van der Waals surface area contributed by atoms with Gasteiger partial charge < -0.3 is 24.7 Å². The van der Waals surface area contributed by atoms with Crippen LogP contribution in [0.1, 0.15) is 0 Å². The first-order chi connectivity index (χ1) is 10.6. The predicted molar refractivity (Wildman–Crippen MR) is 73.0 cm³/mol. The summed E-state index contributed by atoms with van der Waals surface area (Å²) in [5, 5.41) is 20.1. The number of phosphoric ester groups is 1. The number of hydrogen-bond donors (Lipinski definition) is 5. The van der Waals surface area contributed by atoms with E-state index in [2.05, 4.69) is 4.52 Å². The van der Waals surface area contributed by atoms with Crippen LogP contribution in [0.2, 0.25) is 0 Å². The van der Waals surface area contributed by atoms with Crippen LogP contribution >= 0.6 is 7.82 Å². The van der Waals surface area contributed by atoms with Gasteiger partial charge in [0, 0.05) is 12.3 Å². The highest BCUT2D eigenvalue weighted by Gasteiger charge is 2.55. The van der Waals surface area contributed by atoms with Gasteiger partial charge in [-0.25, -0.2) is 9.36 Å². The highest BCUT2D eigenvalue weighted by molar-refractivity contribution is 7.46. The fourth-order valence-corrected chi connectivity index (χ4v) is 2.52. The Morgan fingerprint density at radius 1 is 1.48 bits per heavy atom. The van der Waals surface area contributed by atoms with E-state index in [1.165, 1.54) is 0 Å². The van der Waals surface area contributed by atoms with Gasteiger partial charge in [0.05, 0.1) is 6.61 Å². The van der Waals surface area contributed by atoms with Crippen LogP contribution in [0.25, 0.3) is 0 Å². The molecule has 0 saturated carbocycles. The fraction of sp³-hybridized carbons (Fsp3) is 0.455. The number of hydrogen-bond acceptors (Lipinski definition) is 7. The minimum atomic E-state index is -4.84. The number of aromatic nitrogens is 2. The van der Waals surface area contributed by atoms with Crippen molar-refractivity contribution in [3.05, 3.63) is 33.1 Å².